The molecular weight excluding hydrogens is 441 g/mol. The zero-order chi connectivity index (χ0) is 13.7. The quantitative estimate of drug-likeness (QED) is 0.631. The fourth-order valence-electron chi connectivity index (χ4n) is 1.50. The number of rotatable bonds is 5. The van der Waals surface area contributed by atoms with Gasteiger partial charge in [-0.3, -0.25) is 0 Å². The number of aromatic nitrogens is 3. The molecule has 0 aliphatic rings. The molecule has 97 valence electrons. The van der Waals surface area contributed by atoms with Crippen molar-refractivity contribution in [2.24, 2.45) is 0 Å². The number of ether oxygens (including phenoxy) is 3. The van der Waals surface area contributed by atoms with Gasteiger partial charge in [0.25, 0.3) is 0 Å². The Labute approximate surface area is 126 Å². The maximum absolute atomic E-state index is 5.36. The second kappa shape index (κ2) is 6.64. The van der Waals surface area contributed by atoms with E-state index in [1.165, 1.54) is 7.11 Å². The summed E-state index contributed by atoms with van der Waals surface area (Å²) in [5.74, 6) is 1.07. The molecule has 0 fully saturated rings. The molecule has 19 heavy (non-hydrogen) atoms. The first-order valence-electron chi connectivity index (χ1n) is 5.47. The van der Waals surface area contributed by atoms with Crippen LogP contribution in [0.3, 0.4) is 0 Å². The molecule has 0 aromatic carbocycles. The first-order valence-corrected chi connectivity index (χ1v) is 8.22. The van der Waals surface area contributed by atoms with E-state index in [2.05, 4.69) is 15.0 Å². The van der Waals surface area contributed by atoms with Crippen LogP contribution in [0.4, 0.5) is 0 Å². The van der Waals surface area contributed by atoms with Crippen LogP contribution in [-0.2, 0) is 0 Å². The molecule has 0 unspecified atom stereocenters. The summed E-state index contributed by atoms with van der Waals surface area (Å²) in [6, 6.07) is 3.98. The van der Waals surface area contributed by atoms with Crippen LogP contribution in [0.15, 0.2) is 24.5 Å². The third-order valence-electron chi connectivity index (χ3n) is 2.38. The summed E-state index contributed by atoms with van der Waals surface area (Å²) >= 11 is 0.980. The van der Waals surface area contributed by atoms with E-state index in [0.717, 1.165) is 41.1 Å². The fourth-order valence-corrected chi connectivity index (χ4v) is 2.08. The van der Waals surface area contributed by atoms with E-state index in [4.69, 9.17) is 14.2 Å². The van der Waals surface area contributed by atoms with Gasteiger partial charge in [0.2, 0.25) is 0 Å². The molecule has 0 N–H and O–H groups in total. The molecule has 6 nitrogen and oxygen atoms in total. The Morgan fingerprint density at radius 2 is 1.95 bits per heavy atom. The molecule has 2 aromatic rings. The molecule has 2 aromatic heterocycles. The standard InChI is InChI=1S/C12H12N3O3.Pb/c1-16-10-5-4-8(6-13-10)9-7-14-12(18-3)15-11(9)17-2;/h4-7H,1H2,2-3H3;. The number of hydrogen-bond donors (Lipinski definition) is 0. The van der Waals surface area contributed by atoms with Crippen LogP contribution in [0.25, 0.3) is 11.1 Å². The summed E-state index contributed by atoms with van der Waals surface area (Å²) in [7, 11) is 3.06. The van der Waals surface area contributed by atoms with E-state index in [1.807, 2.05) is 12.1 Å². The van der Waals surface area contributed by atoms with E-state index in [9.17, 15) is 0 Å². The van der Waals surface area contributed by atoms with Crippen LogP contribution in [-0.4, -0.2) is 59.1 Å². The van der Waals surface area contributed by atoms with Crippen molar-refractivity contribution in [1.82, 2.24) is 15.0 Å². The van der Waals surface area contributed by atoms with Crippen molar-refractivity contribution in [2.75, 3.05) is 18.4 Å². The van der Waals surface area contributed by atoms with Crippen LogP contribution in [0.5, 0.6) is 17.8 Å². The van der Waals surface area contributed by atoms with Crippen LogP contribution in [0, 0.1) is 0 Å². The van der Waals surface area contributed by atoms with Gasteiger partial charge in [0, 0.05) is 0 Å². The van der Waals surface area contributed by atoms with E-state index in [1.54, 1.807) is 19.5 Å². The Morgan fingerprint density at radius 1 is 1.11 bits per heavy atom. The van der Waals surface area contributed by atoms with Gasteiger partial charge in [0.15, 0.2) is 0 Å². The molecule has 3 radical (unpaired) electrons. The van der Waals surface area contributed by atoms with E-state index in [-0.39, 0.29) is 6.01 Å². The first kappa shape index (κ1) is 14.0. The van der Waals surface area contributed by atoms with Crippen LogP contribution in [0.2, 0.25) is 0 Å². The van der Waals surface area contributed by atoms with E-state index in [0.29, 0.717) is 11.8 Å². The number of hydrogen-bond acceptors (Lipinski definition) is 6. The molecule has 0 bridgehead atoms. The predicted molar refractivity (Wildman–Crippen MR) is 69.6 cm³/mol. The Balaban J connectivity index is 2.35. The Kier molecular flexibility index (Phi) is 4.88. The molecule has 7 heteroatoms. The Morgan fingerprint density at radius 3 is 2.53 bits per heavy atom. The van der Waals surface area contributed by atoms with Gasteiger partial charge in [-0.1, -0.05) is 0 Å². The first-order chi connectivity index (χ1) is 9.28. The SMILES string of the molecule is COc1ncc(-c2ccc(O[CH2][Pb])nc2)c(OC)n1. The fraction of sp³-hybridized carbons (Fsp3) is 0.250. The summed E-state index contributed by atoms with van der Waals surface area (Å²) in [4.78, 5) is 12.4. The molecule has 0 amide bonds. The van der Waals surface area contributed by atoms with Gasteiger partial charge in [0.05, 0.1) is 0 Å². The molecule has 0 saturated carbocycles. The molecule has 2 heterocycles. The monoisotopic (exact) mass is 454 g/mol. The second-order valence-corrected chi connectivity index (χ2v) is 4.58. The zero-order valence-electron chi connectivity index (χ0n) is 10.6. The maximum atomic E-state index is 5.36. The average Bonchev–Trinajstić information content (AvgIpc) is 2.48. The molecule has 0 saturated heterocycles. The number of nitrogens with zero attached hydrogens (tertiary/aromatic N) is 3. The third-order valence-corrected chi connectivity index (χ3v) is 2.94. The van der Waals surface area contributed by atoms with Gasteiger partial charge >= 0.3 is 127 Å². The van der Waals surface area contributed by atoms with Gasteiger partial charge < -0.3 is 0 Å². The van der Waals surface area contributed by atoms with Crippen molar-refractivity contribution in [2.45, 2.75) is 0 Å². The molecule has 0 atom stereocenters. The molecule has 2 rings (SSSR count). The van der Waals surface area contributed by atoms with Crippen molar-refractivity contribution in [3.8, 4) is 28.9 Å². The average molecular weight is 453 g/mol. The van der Waals surface area contributed by atoms with Crippen molar-refractivity contribution in [1.29, 1.82) is 0 Å². The number of methoxy groups -OCH3 is 2. The second-order valence-electron chi connectivity index (χ2n) is 3.45. The summed E-state index contributed by atoms with van der Waals surface area (Å²) < 4.78 is 16.3. The molecule has 0 spiro atoms. The summed E-state index contributed by atoms with van der Waals surface area (Å²) in [5.41, 5.74) is 1.62. The van der Waals surface area contributed by atoms with Crippen LogP contribution < -0.4 is 14.2 Å². The van der Waals surface area contributed by atoms with E-state index >= 15 is 0 Å². The van der Waals surface area contributed by atoms with Crippen LogP contribution >= 0.6 is 0 Å². The van der Waals surface area contributed by atoms with E-state index < -0.39 is 0 Å². The topological polar surface area (TPSA) is 66.4 Å². The Bertz CT molecular complexity index is 548. The van der Waals surface area contributed by atoms with Crippen molar-refractivity contribution in [3.63, 3.8) is 0 Å². The zero-order valence-corrected chi connectivity index (χ0v) is 14.5. The summed E-state index contributed by atoms with van der Waals surface area (Å²) in [6.45, 7) is 0. The molecular formula is C12H12N3O3Pb. The van der Waals surface area contributed by atoms with Crippen molar-refractivity contribution >= 4 is 25.8 Å². The third kappa shape index (κ3) is 3.31. The molecule has 0 aliphatic heterocycles. The van der Waals surface area contributed by atoms with Gasteiger partial charge in [-0.25, -0.2) is 0 Å². The number of pyridine rings is 1. The molecule has 0 aliphatic carbocycles. The minimum atomic E-state index is 0.268. The van der Waals surface area contributed by atoms with Crippen molar-refractivity contribution in [3.05, 3.63) is 24.5 Å². The summed E-state index contributed by atoms with van der Waals surface area (Å²) in [5, 5.41) is 0. The summed E-state index contributed by atoms with van der Waals surface area (Å²) in [6.07, 6.45) is 3.36. The minimum absolute atomic E-state index is 0.268. The van der Waals surface area contributed by atoms with Gasteiger partial charge in [-0.15, -0.1) is 0 Å². The predicted octanol–water partition coefficient (Wildman–Crippen LogP) is 1.06. The Hall–Kier alpha value is -1.45. The van der Waals surface area contributed by atoms with Gasteiger partial charge in [0.1, 0.15) is 0 Å². The normalized spacial score (nSPS) is 10.1. The van der Waals surface area contributed by atoms with Gasteiger partial charge in [-0.2, -0.15) is 0 Å². The van der Waals surface area contributed by atoms with Crippen LogP contribution in [0.1, 0.15) is 0 Å². The van der Waals surface area contributed by atoms with Gasteiger partial charge in [-0.05, 0) is 0 Å². The van der Waals surface area contributed by atoms with Crippen molar-refractivity contribution < 1.29 is 14.2 Å².